The highest BCUT2D eigenvalue weighted by molar-refractivity contribution is 9.10. The summed E-state index contributed by atoms with van der Waals surface area (Å²) in [4.78, 5) is 9.43. The standard InChI is InChI=1S/C15H9BrN2.C15H10N2/c16-11-5-6-13-14(9-11)18-8-7-10-3-1-2-4-12(10)15(18)17-13;1-2-6-12-11(5-1)9-10-17-14-8-4-3-7-13(14)16-15(12)17/h1-9H;1-10H. The van der Waals surface area contributed by atoms with Crippen molar-refractivity contribution in [2.75, 3.05) is 0 Å². The minimum atomic E-state index is 1.02. The van der Waals surface area contributed by atoms with Gasteiger partial charge < -0.3 is 0 Å². The molecule has 0 radical (unpaired) electrons. The van der Waals surface area contributed by atoms with Crippen LogP contribution < -0.4 is 0 Å². The number of rotatable bonds is 0. The lowest BCUT2D eigenvalue weighted by Gasteiger charge is -2.00. The van der Waals surface area contributed by atoms with Crippen molar-refractivity contribution < 1.29 is 0 Å². The third-order valence-corrected chi connectivity index (χ3v) is 6.95. The van der Waals surface area contributed by atoms with Crippen molar-refractivity contribution >= 4 is 70.8 Å². The molecule has 0 saturated heterocycles. The first kappa shape index (κ1) is 20.2. The molecule has 0 atom stereocenters. The number of aromatic nitrogens is 4. The fourth-order valence-electron chi connectivity index (χ4n) is 4.79. The van der Waals surface area contributed by atoms with Crippen LogP contribution in [-0.2, 0) is 0 Å². The van der Waals surface area contributed by atoms with Crippen molar-refractivity contribution in [2.24, 2.45) is 0 Å². The lowest BCUT2D eigenvalue weighted by molar-refractivity contribution is 1.25. The van der Waals surface area contributed by atoms with Gasteiger partial charge in [-0.05, 0) is 53.2 Å². The van der Waals surface area contributed by atoms with Gasteiger partial charge in [0.25, 0.3) is 0 Å². The Kier molecular flexibility index (Phi) is 4.57. The summed E-state index contributed by atoms with van der Waals surface area (Å²) in [7, 11) is 0. The average molecular weight is 515 g/mol. The zero-order valence-corrected chi connectivity index (χ0v) is 20.2. The second-order valence-electron chi connectivity index (χ2n) is 8.54. The first-order valence-corrected chi connectivity index (χ1v) is 12.3. The molecule has 5 heteroatoms. The Hall–Kier alpha value is -4.22. The molecule has 166 valence electrons. The first-order valence-electron chi connectivity index (χ1n) is 11.5. The molecule has 4 aromatic heterocycles. The Morgan fingerprint density at radius 3 is 1.74 bits per heavy atom. The number of hydrogen-bond acceptors (Lipinski definition) is 2. The van der Waals surface area contributed by atoms with Gasteiger partial charge in [0.2, 0.25) is 0 Å². The van der Waals surface area contributed by atoms with E-state index in [1.807, 2.05) is 24.3 Å². The van der Waals surface area contributed by atoms with Crippen LogP contribution in [0, 0.1) is 0 Å². The van der Waals surface area contributed by atoms with Gasteiger partial charge >= 0.3 is 0 Å². The predicted octanol–water partition coefficient (Wildman–Crippen LogP) is 8.04. The number of imidazole rings is 2. The van der Waals surface area contributed by atoms with E-state index in [9.17, 15) is 0 Å². The van der Waals surface area contributed by atoms with Gasteiger partial charge in [-0.3, -0.25) is 8.80 Å². The zero-order chi connectivity index (χ0) is 23.4. The molecule has 0 aliphatic heterocycles. The molecule has 0 aliphatic rings. The summed E-state index contributed by atoms with van der Waals surface area (Å²) >= 11 is 3.51. The molecule has 0 unspecified atom stereocenters. The Balaban J connectivity index is 0.000000120. The number of halogens is 1. The predicted molar refractivity (Wildman–Crippen MR) is 148 cm³/mol. The maximum atomic E-state index is 4.73. The second-order valence-corrected chi connectivity index (χ2v) is 9.45. The quantitative estimate of drug-likeness (QED) is 0.205. The second kappa shape index (κ2) is 7.93. The highest BCUT2D eigenvalue weighted by atomic mass is 79.9. The lowest BCUT2D eigenvalue weighted by Crippen LogP contribution is -1.85. The monoisotopic (exact) mass is 514 g/mol. The van der Waals surface area contributed by atoms with Gasteiger partial charge in [-0.15, -0.1) is 0 Å². The van der Waals surface area contributed by atoms with Crippen molar-refractivity contribution in [3.05, 3.63) is 120 Å². The minimum Gasteiger partial charge on any atom is -0.299 e. The molecule has 4 aromatic carbocycles. The maximum absolute atomic E-state index is 4.73. The van der Waals surface area contributed by atoms with Crippen molar-refractivity contribution in [2.45, 2.75) is 0 Å². The number of benzene rings is 4. The van der Waals surface area contributed by atoms with Crippen molar-refractivity contribution in [1.82, 2.24) is 18.8 Å². The van der Waals surface area contributed by atoms with E-state index in [2.05, 4.69) is 116 Å². The van der Waals surface area contributed by atoms with E-state index < -0.39 is 0 Å². The number of nitrogens with zero attached hydrogens (tertiary/aromatic N) is 4. The first-order chi connectivity index (χ1) is 17.3. The maximum Gasteiger partial charge on any atom is 0.145 e. The average Bonchev–Trinajstić information content (AvgIpc) is 3.48. The third kappa shape index (κ3) is 3.27. The van der Waals surface area contributed by atoms with E-state index in [4.69, 9.17) is 9.97 Å². The molecule has 0 aliphatic carbocycles. The van der Waals surface area contributed by atoms with Gasteiger partial charge in [0.15, 0.2) is 0 Å². The molecule has 8 aromatic rings. The van der Waals surface area contributed by atoms with Gasteiger partial charge in [-0.2, -0.15) is 0 Å². The number of para-hydroxylation sites is 2. The van der Waals surface area contributed by atoms with Crippen LogP contribution in [-0.4, -0.2) is 18.8 Å². The van der Waals surface area contributed by atoms with Crippen LogP contribution >= 0.6 is 15.9 Å². The summed E-state index contributed by atoms with van der Waals surface area (Å²) in [5.41, 5.74) is 6.40. The lowest BCUT2D eigenvalue weighted by atomic mass is 10.2. The van der Waals surface area contributed by atoms with E-state index in [1.54, 1.807) is 0 Å². The molecular weight excluding hydrogens is 496 g/mol. The van der Waals surface area contributed by atoms with E-state index in [1.165, 1.54) is 21.5 Å². The van der Waals surface area contributed by atoms with Gasteiger partial charge in [0.05, 0.1) is 22.1 Å². The highest BCUT2D eigenvalue weighted by Gasteiger charge is 2.08. The van der Waals surface area contributed by atoms with Gasteiger partial charge in [-0.25, -0.2) is 9.97 Å². The largest absolute Gasteiger partial charge is 0.299 e. The Labute approximate surface area is 209 Å². The Bertz CT molecular complexity index is 2030. The highest BCUT2D eigenvalue weighted by Crippen LogP contribution is 2.26. The Morgan fingerprint density at radius 2 is 1.06 bits per heavy atom. The van der Waals surface area contributed by atoms with E-state index >= 15 is 0 Å². The molecular formula is C30H19BrN4. The van der Waals surface area contributed by atoms with Crippen LogP contribution in [0.3, 0.4) is 0 Å². The van der Waals surface area contributed by atoms with Crippen molar-refractivity contribution in [3.8, 4) is 0 Å². The molecule has 0 saturated carbocycles. The number of fused-ring (bicyclic) bond motifs is 10. The summed E-state index contributed by atoms with van der Waals surface area (Å²) in [5.74, 6) is 0. The molecule has 0 N–H and O–H groups in total. The molecule has 35 heavy (non-hydrogen) atoms. The smallest absolute Gasteiger partial charge is 0.145 e. The van der Waals surface area contributed by atoms with Crippen LogP contribution in [0.15, 0.2) is 120 Å². The fourth-order valence-corrected chi connectivity index (χ4v) is 5.14. The van der Waals surface area contributed by atoms with Crippen LogP contribution in [0.1, 0.15) is 0 Å². The summed E-state index contributed by atoms with van der Waals surface area (Å²) < 4.78 is 5.37. The normalized spacial score (nSPS) is 11.6. The summed E-state index contributed by atoms with van der Waals surface area (Å²) in [6.45, 7) is 0. The molecule has 0 bridgehead atoms. The molecule has 4 heterocycles. The summed E-state index contributed by atoms with van der Waals surface area (Å²) in [6.07, 6.45) is 4.17. The van der Waals surface area contributed by atoms with Gasteiger partial charge in [0, 0.05) is 27.6 Å². The van der Waals surface area contributed by atoms with Gasteiger partial charge in [0.1, 0.15) is 11.3 Å². The molecule has 0 amide bonds. The van der Waals surface area contributed by atoms with Crippen molar-refractivity contribution in [3.63, 3.8) is 0 Å². The van der Waals surface area contributed by atoms with Crippen LogP contribution in [0.4, 0.5) is 0 Å². The fraction of sp³-hybridized carbons (Fsp3) is 0. The topological polar surface area (TPSA) is 34.6 Å². The van der Waals surface area contributed by atoms with Crippen LogP contribution in [0.2, 0.25) is 0 Å². The summed E-state index contributed by atoms with van der Waals surface area (Å²) in [6, 6.07) is 35.4. The van der Waals surface area contributed by atoms with E-state index in [0.717, 1.165) is 37.8 Å². The third-order valence-electron chi connectivity index (χ3n) is 6.46. The Morgan fingerprint density at radius 1 is 0.514 bits per heavy atom. The number of hydrogen-bond donors (Lipinski definition) is 0. The van der Waals surface area contributed by atoms with Crippen LogP contribution in [0.5, 0.6) is 0 Å². The minimum absolute atomic E-state index is 1.02. The molecule has 8 rings (SSSR count). The van der Waals surface area contributed by atoms with Crippen molar-refractivity contribution in [1.29, 1.82) is 0 Å². The van der Waals surface area contributed by atoms with E-state index in [0.29, 0.717) is 0 Å². The van der Waals surface area contributed by atoms with Crippen LogP contribution in [0.25, 0.3) is 54.9 Å². The van der Waals surface area contributed by atoms with Gasteiger partial charge in [-0.1, -0.05) is 76.6 Å². The molecule has 0 fully saturated rings. The molecule has 0 spiro atoms. The molecule has 4 nitrogen and oxygen atoms in total. The zero-order valence-electron chi connectivity index (χ0n) is 18.6. The number of pyridine rings is 2. The summed E-state index contributed by atoms with van der Waals surface area (Å²) in [5, 5.41) is 4.84. The SMILES string of the molecule is Brc1ccc2nc3c4ccccc4ccn3c2c1.c1ccc2c(c1)ccn1c3ccccc3nc21. The van der Waals surface area contributed by atoms with E-state index in [-0.39, 0.29) is 0 Å².